The first kappa shape index (κ1) is 23.5. The molecular formula is C23H22BrN3O4S. The lowest BCUT2D eigenvalue weighted by molar-refractivity contribution is -0.119. The predicted molar refractivity (Wildman–Crippen MR) is 129 cm³/mol. The van der Waals surface area contributed by atoms with Crippen LogP contribution in [-0.4, -0.2) is 34.2 Å². The second-order valence-corrected chi connectivity index (χ2v) is 9.65. The van der Waals surface area contributed by atoms with Gasteiger partial charge in [0.1, 0.15) is 12.3 Å². The minimum atomic E-state index is -4.01. The van der Waals surface area contributed by atoms with E-state index in [0.29, 0.717) is 11.4 Å². The zero-order chi connectivity index (χ0) is 23.1. The van der Waals surface area contributed by atoms with Crippen molar-refractivity contribution in [3.63, 3.8) is 0 Å². The summed E-state index contributed by atoms with van der Waals surface area (Å²) in [4.78, 5) is 12.6. The molecule has 0 atom stereocenters. The molecule has 0 aliphatic carbocycles. The number of halogens is 1. The number of hydrazone groups is 1. The van der Waals surface area contributed by atoms with Crippen LogP contribution in [0.1, 0.15) is 11.1 Å². The average molecular weight is 516 g/mol. The molecule has 1 N–H and O–H groups in total. The Labute approximate surface area is 195 Å². The van der Waals surface area contributed by atoms with E-state index >= 15 is 0 Å². The molecule has 0 spiro atoms. The number of nitrogens with zero attached hydrogens (tertiary/aromatic N) is 2. The number of aryl methyl sites for hydroxylation is 1. The van der Waals surface area contributed by atoms with Gasteiger partial charge in [-0.15, -0.1) is 0 Å². The Morgan fingerprint density at radius 2 is 1.66 bits per heavy atom. The number of nitrogens with one attached hydrogen (secondary N) is 1. The van der Waals surface area contributed by atoms with Crippen LogP contribution in [0.2, 0.25) is 0 Å². The van der Waals surface area contributed by atoms with Gasteiger partial charge in [0.2, 0.25) is 0 Å². The Morgan fingerprint density at radius 1 is 1.03 bits per heavy atom. The van der Waals surface area contributed by atoms with Crippen molar-refractivity contribution in [2.75, 3.05) is 18.0 Å². The topological polar surface area (TPSA) is 88.1 Å². The van der Waals surface area contributed by atoms with Gasteiger partial charge in [-0.1, -0.05) is 45.8 Å². The van der Waals surface area contributed by atoms with Gasteiger partial charge in [-0.3, -0.25) is 9.10 Å². The first-order valence-electron chi connectivity index (χ1n) is 9.60. The summed E-state index contributed by atoms with van der Waals surface area (Å²) in [7, 11) is -2.51. The highest BCUT2D eigenvalue weighted by Crippen LogP contribution is 2.25. The van der Waals surface area contributed by atoms with E-state index in [0.717, 1.165) is 19.9 Å². The molecule has 0 aromatic heterocycles. The van der Waals surface area contributed by atoms with Crippen LogP contribution < -0.4 is 14.5 Å². The first-order chi connectivity index (χ1) is 15.3. The molecule has 0 fully saturated rings. The summed E-state index contributed by atoms with van der Waals surface area (Å²) in [6.45, 7) is 1.46. The van der Waals surface area contributed by atoms with Gasteiger partial charge in [0.05, 0.1) is 23.9 Å². The maximum Gasteiger partial charge on any atom is 0.264 e. The molecule has 1 amide bonds. The third-order valence-electron chi connectivity index (χ3n) is 4.53. The molecule has 0 heterocycles. The molecule has 0 aliphatic rings. The molecule has 166 valence electrons. The Morgan fingerprint density at radius 3 is 2.25 bits per heavy atom. The molecule has 7 nitrogen and oxygen atoms in total. The number of carbonyl (C=O) groups is 1. The summed E-state index contributed by atoms with van der Waals surface area (Å²) in [5, 5.41) is 3.93. The lowest BCUT2D eigenvalue weighted by Gasteiger charge is -2.24. The number of hydrogen-bond donors (Lipinski definition) is 1. The normalized spacial score (nSPS) is 11.3. The van der Waals surface area contributed by atoms with Crippen LogP contribution in [0.3, 0.4) is 0 Å². The Balaban J connectivity index is 1.83. The third-order valence-corrected chi connectivity index (χ3v) is 6.85. The molecule has 3 aromatic rings. The van der Waals surface area contributed by atoms with Crippen LogP contribution >= 0.6 is 15.9 Å². The van der Waals surface area contributed by atoms with Crippen molar-refractivity contribution in [2.45, 2.75) is 11.8 Å². The van der Waals surface area contributed by atoms with E-state index in [1.165, 1.54) is 25.5 Å². The SMILES string of the molecule is COc1ccc(S(=O)(=O)N(CC(=O)N/N=C\c2ccc(Br)cc2)c2ccc(C)cc2)cc1. The number of rotatable bonds is 8. The molecule has 3 rings (SSSR count). The van der Waals surface area contributed by atoms with Crippen molar-refractivity contribution in [2.24, 2.45) is 5.10 Å². The van der Waals surface area contributed by atoms with Gasteiger partial charge < -0.3 is 4.74 Å². The van der Waals surface area contributed by atoms with E-state index in [1.54, 1.807) is 36.4 Å². The highest BCUT2D eigenvalue weighted by Gasteiger charge is 2.27. The smallest absolute Gasteiger partial charge is 0.264 e. The van der Waals surface area contributed by atoms with Crippen molar-refractivity contribution in [1.82, 2.24) is 5.43 Å². The third kappa shape index (κ3) is 5.95. The van der Waals surface area contributed by atoms with Gasteiger partial charge in [0.15, 0.2) is 0 Å². The number of anilines is 1. The van der Waals surface area contributed by atoms with Gasteiger partial charge in [-0.25, -0.2) is 13.8 Å². The van der Waals surface area contributed by atoms with E-state index in [-0.39, 0.29) is 4.90 Å². The number of hydrogen-bond acceptors (Lipinski definition) is 5. The quantitative estimate of drug-likeness (QED) is 0.361. The number of amides is 1. The minimum absolute atomic E-state index is 0.0463. The standard InChI is InChI=1S/C23H22BrN3O4S/c1-17-3-9-20(10-4-17)27(32(29,30)22-13-11-21(31-2)12-14-22)16-23(28)26-25-15-18-5-7-19(24)8-6-18/h3-15H,16H2,1-2H3,(H,26,28)/b25-15-. The average Bonchev–Trinajstić information content (AvgIpc) is 2.79. The highest BCUT2D eigenvalue weighted by molar-refractivity contribution is 9.10. The molecule has 32 heavy (non-hydrogen) atoms. The Kier molecular flexibility index (Phi) is 7.66. The van der Waals surface area contributed by atoms with Crippen LogP contribution in [0.15, 0.2) is 87.3 Å². The maximum absolute atomic E-state index is 13.3. The number of sulfonamides is 1. The van der Waals surface area contributed by atoms with Crippen molar-refractivity contribution in [3.05, 3.63) is 88.4 Å². The molecule has 9 heteroatoms. The summed E-state index contributed by atoms with van der Waals surface area (Å²) >= 11 is 3.35. The number of benzene rings is 3. The molecule has 0 unspecified atom stereocenters. The molecule has 0 saturated carbocycles. The van der Waals surface area contributed by atoms with Crippen molar-refractivity contribution in [1.29, 1.82) is 0 Å². The van der Waals surface area contributed by atoms with Crippen LogP contribution in [0, 0.1) is 6.92 Å². The number of ether oxygens (including phenoxy) is 1. The molecule has 0 saturated heterocycles. The van der Waals surface area contributed by atoms with Gasteiger partial charge >= 0.3 is 0 Å². The fourth-order valence-corrected chi connectivity index (χ4v) is 4.48. The van der Waals surface area contributed by atoms with Crippen LogP contribution in [-0.2, 0) is 14.8 Å². The van der Waals surface area contributed by atoms with E-state index in [1.807, 2.05) is 31.2 Å². The summed E-state index contributed by atoms with van der Waals surface area (Å²) in [6, 6.07) is 20.3. The zero-order valence-corrected chi connectivity index (χ0v) is 19.9. The number of carbonyl (C=O) groups excluding carboxylic acids is 1. The van der Waals surface area contributed by atoms with Crippen molar-refractivity contribution >= 4 is 43.8 Å². The number of methoxy groups -OCH3 is 1. The second-order valence-electron chi connectivity index (χ2n) is 6.87. The maximum atomic E-state index is 13.3. The van der Waals surface area contributed by atoms with E-state index < -0.39 is 22.5 Å². The zero-order valence-electron chi connectivity index (χ0n) is 17.5. The van der Waals surface area contributed by atoms with Crippen LogP contribution in [0.4, 0.5) is 5.69 Å². The minimum Gasteiger partial charge on any atom is -0.497 e. The summed E-state index contributed by atoms with van der Waals surface area (Å²) < 4.78 is 33.8. The van der Waals surface area contributed by atoms with Gasteiger partial charge in [0, 0.05) is 4.47 Å². The van der Waals surface area contributed by atoms with E-state index in [2.05, 4.69) is 26.5 Å². The molecular weight excluding hydrogens is 494 g/mol. The summed E-state index contributed by atoms with van der Waals surface area (Å²) in [5.41, 5.74) is 4.52. The Hall–Kier alpha value is -3.17. The fraction of sp³-hybridized carbons (Fsp3) is 0.130. The first-order valence-corrected chi connectivity index (χ1v) is 11.8. The summed E-state index contributed by atoms with van der Waals surface area (Å²) in [6.07, 6.45) is 1.48. The van der Waals surface area contributed by atoms with Gasteiger partial charge in [0.25, 0.3) is 15.9 Å². The lowest BCUT2D eigenvalue weighted by atomic mass is 10.2. The van der Waals surface area contributed by atoms with Crippen LogP contribution in [0.5, 0.6) is 5.75 Å². The second kappa shape index (κ2) is 10.4. The van der Waals surface area contributed by atoms with E-state index in [9.17, 15) is 13.2 Å². The monoisotopic (exact) mass is 515 g/mol. The largest absolute Gasteiger partial charge is 0.497 e. The van der Waals surface area contributed by atoms with Crippen molar-refractivity contribution < 1.29 is 17.9 Å². The van der Waals surface area contributed by atoms with Gasteiger partial charge in [-0.2, -0.15) is 5.10 Å². The lowest BCUT2D eigenvalue weighted by Crippen LogP contribution is -2.39. The summed E-state index contributed by atoms with van der Waals surface area (Å²) in [5.74, 6) is -0.0399. The fourth-order valence-electron chi connectivity index (χ4n) is 2.79. The highest BCUT2D eigenvalue weighted by atomic mass is 79.9. The van der Waals surface area contributed by atoms with E-state index in [4.69, 9.17) is 4.74 Å². The van der Waals surface area contributed by atoms with Crippen molar-refractivity contribution in [3.8, 4) is 5.75 Å². The molecule has 0 aliphatic heterocycles. The predicted octanol–water partition coefficient (Wildman–Crippen LogP) is 4.11. The molecule has 3 aromatic carbocycles. The molecule has 0 bridgehead atoms. The van der Waals surface area contributed by atoms with Gasteiger partial charge in [-0.05, 0) is 61.0 Å². The molecule has 0 radical (unpaired) electrons. The van der Waals surface area contributed by atoms with Crippen LogP contribution in [0.25, 0.3) is 0 Å². The Bertz CT molecular complexity index is 1190.